The molecular formula is C11H20N4O3S2. The molecule has 0 radical (unpaired) electrons. The van der Waals surface area contributed by atoms with Gasteiger partial charge in [0.2, 0.25) is 0 Å². The Hall–Kier alpha value is -1.00. The molecule has 20 heavy (non-hydrogen) atoms. The molecule has 9 heteroatoms. The SMILES string of the molecule is CN(C)S(C)(=O)=NS(=O)(=O)NCC(N)c1ccccc1. The first kappa shape index (κ1) is 17.1. The third-order valence-electron chi connectivity index (χ3n) is 2.63. The zero-order valence-electron chi connectivity index (χ0n) is 11.7. The van der Waals surface area contributed by atoms with Crippen LogP contribution in [0.4, 0.5) is 0 Å². The lowest BCUT2D eigenvalue weighted by Crippen LogP contribution is -2.32. The summed E-state index contributed by atoms with van der Waals surface area (Å²) >= 11 is 0. The highest BCUT2D eigenvalue weighted by Crippen LogP contribution is 2.09. The summed E-state index contributed by atoms with van der Waals surface area (Å²) in [6.45, 7) is -0.0151. The lowest BCUT2D eigenvalue weighted by molar-refractivity contribution is 0.570. The maximum Gasteiger partial charge on any atom is 0.328 e. The van der Waals surface area contributed by atoms with Crippen molar-refractivity contribution >= 4 is 20.1 Å². The highest BCUT2D eigenvalue weighted by atomic mass is 32.3. The summed E-state index contributed by atoms with van der Waals surface area (Å²) in [6, 6.07) is 8.60. The summed E-state index contributed by atoms with van der Waals surface area (Å²) in [5.74, 6) is 0. The van der Waals surface area contributed by atoms with Gasteiger partial charge in [-0.2, -0.15) is 13.1 Å². The Kier molecular flexibility index (Phi) is 5.66. The molecule has 114 valence electrons. The summed E-state index contributed by atoms with van der Waals surface area (Å²) in [5, 5.41) is 0. The molecular weight excluding hydrogens is 300 g/mol. The average Bonchev–Trinajstić information content (AvgIpc) is 2.35. The number of nitrogens with one attached hydrogen (secondary N) is 1. The Morgan fingerprint density at radius 1 is 1.25 bits per heavy atom. The smallest absolute Gasteiger partial charge is 0.323 e. The first-order chi connectivity index (χ1) is 9.14. The van der Waals surface area contributed by atoms with Crippen molar-refractivity contribution in [3.05, 3.63) is 35.9 Å². The normalized spacial score (nSPS) is 16.6. The monoisotopic (exact) mass is 320 g/mol. The van der Waals surface area contributed by atoms with Crippen LogP contribution in [0.3, 0.4) is 0 Å². The van der Waals surface area contributed by atoms with Crippen molar-refractivity contribution in [1.82, 2.24) is 9.03 Å². The van der Waals surface area contributed by atoms with E-state index in [-0.39, 0.29) is 6.54 Å². The first-order valence-electron chi connectivity index (χ1n) is 5.85. The van der Waals surface area contributed by atoms with Gasteiger partial charge >= 0.3 is 10.2 Å². The van der Waals surface area contributed by atoms with Gasteiger partial charge in [-0.1, -0.05) is 34.1 Å². The fourth-order valence-corrected chi connectivity index (χ4v) is 3.88. The number of hydrogen-bond donors (Lipinski definition) is 2. The molecule has 2 unspecified atom stereocenters. The van der Waals surface area contributed by atoms with Crippen LogP contribution in [0.25, 0.3) is 0 Å². The Balaban J connectivity index is 2.77. The Morgan fingerprint density at radius 3 is 2.30 bits per heavy atom. The predicted molar refractivity (Wildman–Crippen MR) is 80.5 cm³/mol. The van der Waals surface area contributed by atoms with Crippen LogP contribution in [0, 0.1) is 0 Å². The van der Waals surface area contributed by atoms with E-state index in [1.807, 2.05) is 18.2 Å². The largest absolute Gasteiger partial charge is 0.328 e. The lowest BCUT2D eigenvalue weighted by Gasteiger charge is -2.14. The minimum atomic E-state index is -4.01. The summed E-state index contributed by atoms with van der Waals surface area (Å²) in [4.78, 5) is 0. The van der Waals surface area contributed by atoms with Crippen LogP contribution < -0.4 is 10.5 Å². The lowest BCUT2D eigenvalue weighted by atomic mass is 10.1. The van der Waals surface area contributed by atoms with E-state index in [4.69, 9.17) is 5.73 Å². The van der Waals surface area contributed by atoms with Crippen molar-refractivity contribution in [3.63, 3.8) is 0 Å². The van der Waals surface area contributed by atoms with E-state index in [1.165, 1.54) is 24.7 Å². The molecule has 0 aromatic heterocycles. The van der Waals surface area contributed by atoms with Gasteiger partial charge in [-0.15, -0.1) is 0 Å². The van der Waals surface area contributed by atoms with Gasteiger partial charge in [0, 0.05) is 32.9 Å². The molecule has 3 N–H and O–H groups in total. The fraction of sp³-hybridized carbons (Fsp3) is 0.455. The highest BCUT2D eigenvalue weighted by molar-refractivity contribution is 8.00. The van der Waals surface area contributed by atoms with E-state index in [1.54, 1.807) is 12.1 Å². The first-order valence-corrected chi connectivity index (χ1v) is 9.17. The van der Waals surface area contributed by atoms with Crippen LogP contribution in [-0.2, 0) is 20.1 Å². The predicted octanol–water partition coefficient (Wildman–Crippen LogP) is 0.0952. The average molecular weight is 320 g/mol. The molecule has 0 aliphatic heterocycles. The highest BCUT2D eigenvalue weighted by Gasteiger charge is 2.16. The molecule has 0 fully saturated rings. The van der Waals surface area contributed by atoms with Crippen LogP contribution in [0.5, 0.6) is 0 Å². The Morgan fingerprint density at radius 2 is 1.80 bits per heavy atom. The second-order valence-corrected chi connectivity index (χ2v) is 8.58. The van der Waals surface area contributed by atoms with Gasteiger partial charge < -0.3 is 5.73 Å². The molecule has 0 spiro atoms. The molecule has 0 aliphatic rings. The van der Waals surface area contributed by atoms with Crippen LogP contribution in [0.1, 0.15) is 11.6 Å². The summed E-state index contributed by atoms with van der Waals surface area (Å²) in [7, 11) is -3.97. The minimum absolute atomic E-state index is 0.0151. The maximum absolute atomic E-state index is 11.9. The number of hydrogen-bond acceptors (Lipinski definition) is 4. The molecule has 1 aromatic rings. The molecule has 0 heterocycles. The quantitative estimate of drug-likeness (QED) is 0.775. The van der Waals surface area contributed by atoms with Crippen molar-refractivity contribution in [2.24, 2.45) is 9.50 Å². The standard InChI is InChI=1S/C11H20N4O3S2/c1-15(2)19(3,16)14-20(17,18)13-9-11(12)10-7-5-4-6-8-10/h4-8,11,13H,9,12H2,1-3H3. The van der Waals surface area contributed by atoms with Gasteiger partial charge in [0.25, 0.3) is 0 Å². The van der Waals surface area contributed by atoms with E-state index >= 15 is 0 Å². The van der Waals surface area contributed by atoms with E-state index < -0.39 is 26.2 Å². The summed E-state index contributed by atoms with van der Waals surface area (Å²) in [5.41, 5.74) is 6.68. The van der Waals surface area contributed by atoms with Gasteiger partial charge in [-0.3, -0.25) is 0 Å². The van der Waals surface area contributed by atoms with Gasteiger partial charge in [0.05, 0.1) is 0 Å². The second kappa shape index (κ2) is 6.64. The van der Waals surface area contributed by atoms with Gasteiger partial charge in [-0.05, 0) is 5.56 Å². The van der Waals surface area contributed by atoms with Crippen molar-refractivity contribution in [1.29, 1.82) is 0 Å². The molecule has 2 atom stereocenters. The molecule has 0 amide bonds. The number of nitrogens with zero attached hydrogens (tertiary/aromatic N) is 2. The Bertz CT molecular complexity index is 650. The molecule has 0 saturated carbocycles. The Labute approximate surface area is 120 Å². The van der Waals surface area contributed by atoms with Gasteiger partial charge in [0.1, 0.15) is 9.92 Å². The number of benzene rings is 1. The molecule has 0 bridgehead atoms. The molecule has 1 rings (SSSR count). The van der Waals surface area contributed by atoms with Crippen molar-refractivity contribution < 1.29 is 12.6 Å². The van der Waals surface area contributed by atoms with Crippen molar-refractivity contribution in [2.75, 3.05) is 26.9 Å². The van der Waals surface area contributed by atoms with Crippen LogP contribution in [0.2, 0.25) is 0 Å². The summed E-state index contributed by atoms with van der Waals surface area (Å²) < 4.78 is 42.3. The fourth-order valence-electron chi connectivity index (χ4n) is 1.29. The third kappa shape index (κ3) is 5.17. The number of nitrogens with two attached hydrogens (primary N) is 1. The zero-order chi connectivity index (χ0) is 15.4. The van der Waals surface area contributed by atoms with Gasteiger partial charge in [0.15, 0.2) is 0 Å². The van der Waals surface area contributed by atoms with E-state index in [0.29, 0.717) is 0 Å². The van der Waals surface area contributed by atoms with E-state index in [9.17, 15) is 12.6 Å². The zero-order valence-corrected chi connectivity index (χ0v) is 13.3. The molecule has 0 saturated heterocycles. The van der Waals surface area contributed by atoms with Crippen LogP contribution in [-0.4, -0.2) is 43.8 Å². The second-order valence-electron chi connectivity index (χ2n) is 4.49. The molecule has 0 aliphatic carbocycles. The van der Waals surface area contributed by atoms with Crippen LogP contribution >= 0.6 is 0 Å². The van der Waals surface area contributed by atoms with Crippen molar-refractivity contribution in [3.8, 4) is 0 Å². The van der Waals surface area contributed by atoms with E-state index in [0.717, 1.165) is 5.56 Å². The molecule has 7 nitrogen and oxygen atoms in total. The van der Waals surface area contributed by atoms with Gasteiger partial charge in [-0.25, -0.2) is 8.51 Å². The van der Waals surface area contributed by atoms with Crippen molar-refractivity contribution in [2.45, 2.75) is 6.04 Å². The topological polar surface area (TPSA) is 105 Å². The number of rotatable bonds is 6. The maximum atomic E-state index is 11.9. The van der Waals surface area contributed by atoms with E-state index in [2.05, 4.69) is 8.49 Å². The summed E-state index contributed by atoms with van der Waals surface area (Å²) in [6.07, 6.45) is 1.25. The van der Waals surface area contributed by atoms with Crippen LogP contribution in [0.15, 0.2) is 34.1 Å². The minimum Gasteiger partial charge on any atom is -0.323 e. The molecule has 1 aromatic carbocycles. The third-order valence-corrected chi connectivity index (χ3v) is 6.41.